The average molecular weight is 242 g/mol. The molecule has 0 aromatic rings. The highest BCUT2D eigenvalue weighted by Gasteiger charge is 2.40. The summed E-state index contributed by atoms with van der Waals surface area (Å²) in [5, 5.41) is 4.38. The number of nitrogens with one attached hydrogen (secondary N) is 2. The molecule has 0 aromatic carbocycles. The average Bonchev–Trinajstić information content (AvgIpc) is 2.22. The summed E-state index contributed by atoms with van der Waals surface area (Å²) in [6, 6.07) is -0.968. The zero-order valence-electron chi connectivity index (χ0n) is 8.77. The molecule has 0 aliphatic heterocycles. The van der Waals surface area contributed by atoms with Crippen LogP contribution in [0.5, 0.6) is 0 Å². The van der Waals surface area contributed by atoms with Gasteiger partial charge in [0.2, 0.25) is 5.91 Å². The minimum absolute atomic E-state index is 0.191. The van der Waals surface area contributed by atoms with Gasteiger partial charge in [-0.3, -0.25) is 4.79 Å². The third-order valence-corrected chi connectivity index (χ3v) is 1.78. The van der Waals surface area contributed by atoms with E-state index in [9.17, 15) is 22.4 Å². The van der Waals surface area contributed by atoms with E-state index in [0.29, 0.717) is 0 Å². The minimum Gasteiger partial charge on any atom is -0.351 e. The third kappa shape index (κ3) is 5.11. The van der Waals surface area contributed by atoms with E-state index in [4.69, 9.17) is 0 Å². The van der Waals surface area contributed by atoms with Crippen molar-refractivity contribution in [3.05, 3.63) is 12.7 Å². The van der Waals surface area contributed by atoms with Gasteiger partial charge < -0.3 is 10.6 Å². The molecule has 0 fully saturated rings. The molecule has 0 aliphatic carbocycles. The Kier molecular flexibility index (Phi) is 6.02. The Bertz CT molecular complexity index is 246. The first-order valence-electron chi connectivity index (χ1n) is 4.59. The van der Waals surface area contributed by atoms with Crippen LogP contribution in [0.4, 0.5) is 17.6 Å². The van der Waals surface area contributed by atoms with E-state index in [1.807, 2.05) is 5.32 Å². The molecule has 7 heteroatoms. The molecular weight excluding hydrogens is 228 g/mol. The van der Waals surface area contributed by atoms with E-state index >= 15 is 0 Å². The van der Waals surface area contributed by atoms with Gasteiger partial charge in [-0.1, -0.05) is 6.08 Å². The fraction of sp³-hybridized carbons (Fsp3) is 0.667. The standard InChI is InChI=1S/C9H14F4N2O/c1-3-4-14-7(16)6(2)15-5-9(12,13)8(10)11/h3,6,8,15H,1,4-5H2,2H3,(H,14,16). The molecule has 0 radical (unpaired) electrons. The monoisotopic (exact) mass is 242 g/mol. The fourth-order valence-electron chi connectivity index (χ4n) is 0.785. The van der Waals surface area contributed by atoms with Gasteiger partial charge in [0, 0.05) is 6.54 Å². The van der Waals surface area contributed by atoms with Crippen molar-refractivity contribution in [1.82, 2.24) is 10.6 Å². The van der Waals surface area contributed by atoms with Crippen molar-refractivity contribution in [2.75, 3.05) is 13.1 Å². The summed E-state index contributed by atoms with van der Waals surface area (Å²) >= 11 is 0. The van der Waals surface area contributed by atoms with Crippen LogP contribution in [0.1, 0.15) is 6.92 Å². The maximum atomic E-state index is 12.5. The zero-order chi connectivity index (χ0) is 12.8. The van der Waals surface area contributed by atoms with Crippen LogP contribution in [-0.2, 0) is 4.79 Å². The van der Waals surface area contributed by atoms with Crippen LogP contribution in [0.2, 0.25) is 0 Å². The summed E-state index contributed by atoms with van der Waals surface area (Å²) in [5.74, 6) is -4.68. The van der Waals surface area contributed by atoms with Gasteiger partial charge in [-0.25, -0.2) is 8.78 Å². The Morgan fingerprint density at radius 3 is 2.50 bits per heavy atom. The van der Waals surface area contributed by atoms with Crippen LogP contribution in [-0.4, -0.2) is 37.4 Å². The predicted molar refractivity (Wildman–Crippen MR) is 51.6 cm³/mol. The maximum absolute atomic E-state index is 12.5. The number of alkyl halides is 4. The maximum Gasteiger partial charge on any atom is 0.319 e. The van der Waals surface area contributed by atoms with Crippen LogP contribution in [0.15, 0.2) is 12.7 Å². The van der Waals surface area contributed by atoms with Crippen LogP contribution in [0.25, 0.3) is 0 Å². The van der Waals surface area contributed by atoms with Crippen LogP contribution < -0.4 is 10.6 Å². The van der Waals surface area contributed by atoms with Crippen molar-refractivity contribution in [2.45, 2.75) is 25.3 Å². The quantitative estimate of drug-likeness (QED) is 0.519. The lowest BCUT2D eigenvalue weighted by Gasteiger charge is -2.19. The Morgan fingerprint density at radius 1 is 1.50 bits per heavy atom. The van der Waals surface area contributed by atoms with Crippen molar-refractivity contribution in [3.8, 4) is 0 Å². The number of hydrogen-bond acceptors (Lipinski definition) is 2. The molecule has 0 heterocycles. The van der Waals surface area contributed by atoms with E-state index in [1.54, 1.807) is 0 Å². The molecule has 0 bridgehead atoms. The van der Waals surface area contributed by atoms with E-state index in [0.717, 1.165) is 0 Å². The van der Waals surface area contributed by atoms with E-state index in [-0.39, 0.29) is 6.54 Å². The summed E-state index contributed by atoms with van der Waals surface area (Å²) in [5.41, 5.74) is 0. The SMILES string of the molecule is C=CCNC(=O)C(C)NCC(F)(F)C(F)F. The fourth-order valence-corrected chi connectivity index (χ4v) is 0.785. The Hall–Kier alpha value is -1.11. The largest absolute Gasteiger partial charge is 0.351 e. The Balaban J connectivity index is 4.01. The molecule has 0 spiro atoms. The number of carbonyl (C=O) groups is 1. The molecule has 0 aromatic heterocycles. The second-order valence-electron chi connectivity index (χ2n) is 3.20. The van der Waals surface area contributed by atoms with Gasteiger partial charge in [0.05, 0.1) is 12.6 Å². The third-order valence-electron chi connectivity index (χ3n) is 1.78. The number of rotatable bonds is 7. The summed E-state index contributed by atoms with van der Waals surface area (Å²) < 4.78 is 48.4. The molecule has 94 valence electrons. The first-order valence-corrected chi connectivity index (χ1v) is 4.59. The van der Waals surface area contributed by atoms with Gasteiger partial charge in [-0.2, -0.15) is 8.78 Å². The minimum atomic E-state index is -4.13. The topological polar surface area (TPSA) is 41.1 Å². The second-order valence-corrected chi connectivity index (χ2v) is 3.20. The van der Waals surface area contributed by atoms with E-state index < -0.39 is 30.8 Å². The summed E-state index contributed by atoms with van der Waals surface area (Å²) in [6.07, 6.45) is -2.33. The number of carbonyl (C=O) groups excluding carboxylic acids is 1. The predicted octanol–water partition coefficient (Wildman–Crippen LogP) is 1.17. The molecule has 1 unspecified atom stereocenters. The molecule has 2 N–H and O–H groups in total. The van der Waals surface area contributed by atoms with Gasteiger partial charge >= 0.3 is 12.3 Å². The highest BCUT2D eigenvalue weighted by molar-refractivity contribution is 5.81. The molecule has 0 rings (SSSR count). The van der Waals surface area contributed by atoms with Crippen LogP contribution >= 0.6 is 0 Å². The van der Waals surface area contributed by atoms with Gasteiger partial charge in [-0.05, 0) is 6.92 Å². The lowest BCUT2D eigenvalue weighted by atomic mass is 10.2. The highest BCUT2D eigenvalue weighted by Crippen LogP contribution is 2.21. The van der Waals surface area contributed by atoms with E-state index in [2.05, 4.69) is 11.9 Å². The van der Waals surface area contributed by atoms with Gasteiger partial charge in [0.15, 0.2) is 0 Å². The van der Waals surface area contributed by atoms with Crippen molar-refractivity contribution in [1.29, 1.82) is 0 Å². The van der Waals surface area contributed by atoms with Crippen molar-refractivity contribution < 1.29 is 22.4 Å². The molecule has 3 nitrogen and oxygen atoms in total. The van der Waals surface area contributed by atoms with E-state index in [1.165, 1.54) is 13.0 Å². The van der Waals surface area contributed by atoms with Gasteiger partial charge in [0.1, 0.15) is 0 Å². The lowest BCUT2D eigenvalue weighted by Crippen LogP contribution is -2.48. The number of halogens is 4. The second kappa shape index (κ2) is 6.47. The zero-order valence-corrected chi connectivity index (χ0v) is 8.77. The molecule has 16 heavy (non-hydrogen) atoms. The van der Waals surface area contributed by atoms with Crippen molar-refractivity contribution in [3.63, 3.8) is 0 Å². The molecule has 0 saturated heterocycles. The molecule has 0 aliphatic rings. The summed E-state index contributed by atoms with van der Waals surface area (Å²) in [7, 11) is 0. The lowest BCUT2D eigenvalue weighted by molar-refractivity contribution is -0.131. The normalized spacial score (nSPS) is 13.6. The first kappa shape index (κ1) is 14.9. The van der Waals surface area contributed by atoms with Gasteiger partial charge in [-0.15, -0.1) is 6.58 Å². The molecule has 1 amide bonds. The highest BCUT2D eigenvalue weighted by atomic mass is 19.3. The first-order chi connectivity index (χ1) is 7.31. The Labute approximate surface area is 90.9 Å². The summed E-state index contributed by atoms with van der Waals surface area (Å²) in [4.78, 5) is 11.1. The van der Waals surface area contributed by atoms with Crippen molar-refractivity contribution in [2.24, 2.45) is 0 Å². The van der Waals surface area contributed by atoms with Crippen LogP contribution in [0, 0.1) is 0 Å². The molecular formula is C9H14F4N2O. The Morgan fingerprint density at radius 2 is 2.06 bits per heavy atom. The number of hydrogen-bond donors (Lipinski definition) is 2. The smallest absolute Gasteiger partial charge is 0.319 e. The molecule has 1 atom stereocenters. The number of amides is 1. The van der Waals surface area contributed by atoms with Crippen LogP contribution in [0.3, 0.4) is 0 Å². The molecule has 0 saturated carbocycles. The van der Waals surface area contributed by atoms with Crippen molar-refractivity contribution >= 4 is 5.91 Å². The summed E-state index contributed by atoms with van der Waals surface area (Å²) in [6.45, 7) is 3.60. The van der Waals surface area contributed by atoms with Gasteiger partial charge in [0.25, 0.3) is 0 Å².